The fraction of sp³-hybridized carbons (Fsp3) is 0.667. The Morgan fingerprint density at radius 3 is 2.68 bits per heavy atom. The maximum atomic E-state index is 11.0. The monoisotopic (exact) mass is 380 g/mol. The molecule has 2 saturated carbocycles. The van der Waals surface area contributed by atoms with Crippen LogP contribution < -0.4 is 0 Å². The van der Waals surface area contributed by atoms with Crippen LogP contribution in [-0.2, 0) is 6.42 Å². The van der Waals surface area contributed by atoms with Gasteiger partial charge < -0.3 is 5.11 Å². The molecule has 2 aliphatic carbocycles. The van der Waals surface area contributed by atoms with E-state index in [0.717, 1.165) is 31.6 Å². The second-order valence-corrected chi connectivity index (χ2v) is 9.40. The zero-order valence-electron chi connectivity index (χ0n) is 14.8. The molecular formula is C21H29ClO2S. The summed E-state index contributed by atoms with van der Waals surface area (Å²) in [5, 5.41) is 9.32. The third-order valence-electron chi connectivity index (χ3n) is 5.90. The molecule has 1 heterocycles. The number of rotatable bonds is 7. The van der Waals surface area contributed by atoms with Crippen LogP contribution in [0.3, 0.4) is 0 Å². The first-order valence-corrected chi connectivity index (χ1v) is 11.0. The normalized spacial score (nSPS) is 28.0. The highest BCUT2D eigenvalue weighted by molar-refractivity contribution is 7.13. The first-order valence-electron chi connectivity index (χ1n) is 9.78. The fourth-order valence-corrected chi connectivity index (χ4v) is 5.77. The molecule has 0 radical (unpaired) electrons. The van der Waals surface area contributed by atoms with Gasteiger partial charge >= 0.3 is 5.97 Å². The van der Waals surface area contributed by atoms with Crippen LogP contribution in [0.15, 0.2) is 24.3 Å². The molecule has 0 aliphatic heterocycles. The quantitative estimate of drug-likeness (QED) is 0.430. The predicted octanol–water partition coefficient (Wildman–Crippen LogP) is 6.54. The maximum absolute atomic E-state index is 11.0. The van der Waals surface area contributed by atoms with Gasteiger partial charge in [-0.25, -0.2) is 4.79 Å². The maximum Gasteiger partial charge on any atom is 0.345 e. The van der Waals surface area contributed by atoms with E-state index in [1.807, 2.05) is 6.07 Å². The third-order valence-corrected chi connectivity index (χ3v) is 7.58. The van der Waals surface area contributed by atoms with Gasteiger partial charge in [0.15, 0.2) is 0 Å². The Morgan fingerprint density at radius 1 is 1.16 bits per heavy atom. The van der Waals surface area contributed by atoms with Crippen molar-refractivity contribution in [1.29, 1.82) is 0 Å². The van der Waals surface area contributed by atoms with Crippen molar-refractivity contribution >= 4 is 28.9 Å². The Balaban J connectivity index is 1.48. The first kappa shape index (κ1) is 19.0. The standard InChI is InChI=1S/C21H29ClO2S/c22-19-13-11-16(10-9-15-5-2-1-3-6-15)18(19)8-4-7-17-12-14-20(25-17)21(23)24/h9-10,12,14-16,18-19H,1-8,11,13H2,(H,23,24)/b10-9+/t16?,18-,19?/m1/s1. The van der Waals surface area contributed by atoms with Crippen LogP contribution in [0.25, 0.3) is 0 Å². The number of carboxylic acid groups (broad SMARTS) is 1. The largest absolute Gasteiger partial charge is 0.477 e. The van der Waals surface area contributed by atoms with Gasteiger partial charge in [-0.2, -0.15) is 0 Å². The zero-order chi connectivity index (χ0) is 17.6. The summed E-state index contributed by atoms with van der Waals surface area (Å²) in [6.45, 7) is 0. The zero-order valence-corrected chi connectivity index (χ0v) is 16.4. The highest BCUT2D eigenvalue weighted by Gasteiger charge is 2.32. The molecule has 1 N–H and O–H groups in total. The van der Waals surface area contributed by atoms with Crippen molar-refractivity contribution in [3.05, 3.63) is 34.0 Å². The van der Waals surface area contributed by atoms with E-state index in [2.05, 4.69) is 12.2 Å². The van der Waals surface area contributed by atoms with E-state index in [9.17, 15) is 4.79 Å². The predicted molar refractivity (Wildman–Crippen MR) is 106 cm³/mol. The second-order valence-electron chi connectivity index (χ2n) is 7.67. The van der Waals surface area contributed by atoms with Gasteiger partial charge in [-0.15, -0.1) is 22.9 Å². The lowest BCUT2D eigenvalue weighted by Crippen LogP contribution is -2.14. The molecule has 0 aromatic carbocycles. The molecule has 1 aromatic rings. The highest BCUT2D eigenvalue weighted by atomic mass is 35.5. The molecule has 0 spiro atoms. The molecule has 0 bridgehead atoms. The van der Waals surface area contributed by atoms with Crippen molar-refractivity contribution in [2.45, 2.75) is 69.6 Å². The number of hydrogen-bond acceptors (Lipinski definition) is 2. The van der Waals surface area contributed by atoms with Gasteiger partial charge in [0.05, 0.1) is 0 Å². The van der Waals surface area contributed by atoms with Gasteiger partial charge in [0, 0.05) is 10.3 Å². The Bertz CT molecular complexity index is 588. The number of alkyl halides is 1. The summed E-state index contributed by atoms with van der Waals surface area (Å²) in [6.07, 6.45) is 17.5. The number of aryl methyl sites for hydroxylation is 1. The molecule has 0 saturated heterocycles. The first-order chi connectivity index (χ1) is 12.1. The molecule has 2 nitrogen and oxygen atoms in total. The van der Waals surface area contributed by atoms with E-state index in [1.165, 1.54) is 54.7 Å². The van der Waals surface area contributed by atoms with Crippen LogP contribution in [0.1, 0.15) is 72.3 Å². The Labute approximate surface area is 160 Å². The summed E-state index contributed by atoms with van der Waals surface area (Å²) < 4.78 is 0. The van der Waals surface area contributed by atoms with Crippen molar-refractivity contribution in [3.63, 3.8) is 0 Å². The van der Waals surface area contributed by atoms with E-state index in [4.69, 9.17) is 16.7 Å². The smallest absolute Gasteiger partial charge is 0.345 e. The summed E-state index contributed by atoms with van der Waals surface area (Å²) in [7, 11) is 0. The summed E-state index contributed by atoms with van der Waals surface area (Å²) in [5.41, 5.74) is 0. The van der Waals surface area contributed by atoms with E-state index in [0.29, 0.717) is 22.1 Å². The highest BCUT2D eigenvalue weighted by Crippen LogP contribution is 2.40. The number of allylic oxidation sites excluding steroid dienone is 2. The summed E-state index contributed by atoms with van der Waals surface area (Å²) in [4.78, 5) is 12.6. The minimum absolute atomic E-state index is 0.305. The summed E-state index contributed by atoms with van der Waals surface area (Å²) >= 11 is 8.02. The van der Waals surface area contributed by atoms with Crippen LogP contribution in [0.5, 0.6) is 0 Å². The topological polar surface area (TPSA) is 37.3 Å². The van der Waals surface area contributed by atoms with Crippen LogP contribution in [0.4, 0.5) is 0 Å². The van der Waals surface area contributed by atoms with Crippen molar-refractivity contribution in [2.24, 2.45) is 17.8 Å². The lowest BCUT2D eigenvalue weighted by atomic mass is 9.86. The van der Waals surface area contributed by atoms with E-state index in [1.54, 1.807) is 6.07 Å². The Morgan fingerprint density at radius 2 is 1.96 bits per heavy atom. The molecule has 2 aliphatic rings. The van der Waals surface area contributed by atoms with Gasteiger partial charge in [0.1, 0.15) is 4.88 Å². The van der Waals surface area contributed by atoms with Gasteiger partial charge in [-0.1, -0.05) is 31.4 Å². The van der Waals surface area contributed by atoms with Crippen LogP contribution in [-0.4, -0.2) is 16.5 Å². The van der Waals surface area contributed by atoms with E-state index < -0.39 is 5.97 Å². The lowest BCUT2D eigenvalue weighted by molar-refractivity contribution is 0.0702. The Hall–Kier alpha value is -0.800. The van der Waals surface area contributed by atoms with Crippen molar-refractivity contribution < 1.29 is 9.90 Å². The molecule has 2 unspecified atom stereocenters. The van der Waals surface area contributed by atoms with Crippen LogP contribution in [0.2, 0.25) is 0 Å². The SMILES string of the molecule is O=C(O)c1ccc(CCC[C@H]2C(Cl)CCC2/C=C/C2CCCCC2)s1. The van der Waals surface area contributed by atoms with Gasteiger partial charge in [-0.05, 0) is 74.8 Å². The van der Waals surface area contributed by atoms with Crippen molar-refractivity contribution in [3.8, 4) is 0 Å². The van der Waals surface area contributed by atoms with Crippen LogP contribution in [0, 0.1) is 17.8 Å². The van der Waals surface area contributed by atoms with Gasteiger partial charge in [0.25, 0.3) is 0 Å². The Kier molecular flexibility index (Phi) is 7.00. The second kappa shape index (κ2) is 9.23. The molecule has 3 atom stereocenters. The number of thiophene rings is 1. The van der Waals surface area contributed by atoms with Crippen molar-refractivity contribution in [1.82, 2.24) is 0 Å². The third kappa shape index (κ3) is 5.34. The molecule has 3 rings (SSSR count). The lowest BCUT2D eigenvalue weighted by Gasteiger charge is -2.21. The van der Waals surface area contributed by atoms with Gasteiger partial charge in [-0.3, -0.25) is 0 Å². The number of aromatic carboxylic acids is 1. The van der Waals surface area contributed by atoms with Crippen molar-refractivity contribution in [2.75, 3.05) is 0 Å². The molecular weight excluding hydrogens is 352 g/mol. The molecule has 0 amide bonds. The van der Waals surface area contributed by atoms with Gasteiger partial charge in [0.2, 0.25) is 0 Å². The number of carboxylic acids is 1. The average Bonchev–Trinajstić information content (AvgIpc) is 3.22. The molecule has 1 aromatic heterocycles. The number of hydrogen-bond donors (Lipinski definition) is 1. The summed E-state index contributed by atoms with van der Waals surface area (Å²) in [6, 6.07) is 3.68. The van der Waals surface area contributed by atoms with E-state index in [-0.39, 0.29) is 0 Å². The molecule has 2 fully saturated rings. The molecule has 25 heavy (non-hydrogen) atoms. The fourth-order valence-electron chi connectivity index (χ4n) is 4.45. The minimum Gasteiger partial charge on any atom is -0.477 e. The summed E-state index contributed by atoms with van der Waals surface area (Å²) in [5.74, 6) is 1.20. The minimum atomic E-state index is -0.819. The number of carbonyl (C=O) groups is 1. The van der Waals surface area contributed by atoms with E-state index >= 15 is 0 Å². The van der Waals surface area contributed by atoms with Crippen LogP contribution >= 0.6 is 22.9 Å². The molecule has 138 valence electrons. The number of halogens is 1. The average molecular weight is 381 g/mol. The molecule has 4 heteroatoms.